The number of rotatable bonds is 8. The fourth-order valence-corrected chi connectivity index (χ4v) is 3.90. The van der Waals surface area contributed by atoms with Crippen LogP contribution >= 0.6 is 11.8 Å². The first-order valence-electron chi connectivity index (χ1n) is 10.2. The lowest BCUT2D eigenvalue weighted by molar-refractivity contribution is -0.160. The summed E-state index contributed by atoms with van der Waals surface area (Å²) in [5.41, 5.74) is 2.29. The Kier molecular flexibility index (Phi) is 7.90. The molecule has 0 aliphatic carbocycles. The summed E-state index contributed by atoms with van der Waals surface area (Å²) >= 11 is 1.67. The second-order valence-corrected chi connectivity index (χ2v) is 9.09. The second-order valence-electron chi connectivity index (χ2n) is 7.97. The van der Waals surface area contributed by atoms with Crippen molar-refractivity contribution in [2.45, 2.75) is 42.6 Å². The van der Waals surface area contributed by atoms with E-state index in [1.54, 1.807) is 11.8 Å². The van der Waals surface area contributed by atoms with E-state index in [1.165, 1.54) is 0 Å². The van der Waals surface area contributed by atoms with E-state index in [4.69, 9.17) is 9.57 Å². The van der Waals surface area contributed by atoms with Gasteiger partial charge in [0.25, 0.3) is 0 Å². The van der Waals surface area contributed by atoms with Crippen molar-refractivity contribution in [3.8, 4) is 0 Å². The SMILES string of the molecule is CC(C)(C)OC(=O)CO/N=C(\Cc1ccccc1)c1ccccc1Sc1ccccc1. The van der Waals surface area contributed by atoms with Gasteiger partial charge in [-0.15, -0.1) is 0 Å². The van der Waals surface area contributed by atoms with Gasteiger partial charge >= 0.3 is 5.97 Å². The van der Waals surface area contributed by atoms with Crippen LogP contribution in [0.1, 0.15) is 31.9 Å². The van der Waals surface area contributed by atoms with Crippen molar-refractivity contribution in [2.24, 2.45) is 5.16 Å². The molecule has 0 N–H and O–H groups in total. The minimum atomic E-state index is -0.560. The van der Waals surface area contributed by atoms with E-state index >= 15 is 0 Å². The molecule has 0 bridgehead atoms. The van der Waals surface area contributed by atoms with Gasteiger partial charge in [-0.3, -0.25) is 0 Å². The molecular formula is C26H27NO3S. The number of nitrogens with zero attached hydrogens (tertiary/aromatic N) is 1. The van der Waals surface area contributed by atoms with Crippen molar-refractivity contribution in [3.05, 3.63) is 96.1 Å². The summed E-state index contributed by atoms with van der Waals surface area (Å²) in [7, 11) is 0. The number of esters is 1. The molecular weight excluding hydrogens is 406 g/mol. The van der Waals surface area contributed by atoms with Gasteiger partial charge in [0, 0.05) is 21.8 Å². The topological polar surface area (TPSA) is 47.9 Å². The van der Waals surface area contributed by atoms with Crippen LogP contribution in [0.25, 0.3) is 0 Å². The smallest absolute Gasteiger partial charge is 0.347 e. The number of carbonyl (C=O) groups is 1. The van der Waals surface area contributed by atoms with Crippen molar-refractivity contribution in [1.29, 1.82) is 0 Å². The maximum absolute atomic E-state index is 12.0. The maximum Gasteiger partial charge on any atom is 0.347 e. The zero-order valence-corrected chi connectivity index (χ0v) is 18.9. The van der Waals surface area contributed by atoms with E-state index in [0.29, 0.717) is 6.42 Å². The molecule has 4 nitrogen and oxygen atoms in total. The highest BCUT2D eigenvalue weighted by Gasteiger charge is 2.17. The highest BCUT2D eigenvalue weighted by atomic mass is 32.2. The van der Waals surface area contributed by atoms with Crippen LogP contribution in [0.2, 0.25) is 0 Å². The molecule has 0 radical (unpaired) electrons. The van der Waals surface area contributed by atoms with E-state index in [2.05, 4.69) is 35.5 Å². The first-order valence-corrected chi connectivity index (χ1v) is 11.0. The molecule has 5 heteroatoms. The third-order valence-electron chi connectivity index (χ3n) is 4.16. The molecule has 0 spiro atoms. The van der Waals surface area contributed by atoms with Crippen LogP contribution < -0.4 is 0 Å². The predicted octanol–water partition coefficient (Wildman–Crippen LogP) is 6.14. The van der Waals surface area contributed by atoms with E-state index in [9.17, 15) is 4.79 Å². The van der Waals surface area contributed by atoms with Gasteiger partial charge < -0.3 is 9.57 Å². The Morgan fingerprint density at radius 3 is 2.16 bits per heavy atom. The van der Waals surface area contributed by atoms with Crippen molar-refractivity contribution in [2.75, 3.05) is 6.61 Å². The summed E-state index contributed by atoms with van der Waals surface area (Å²) in [6.07, 6.45) is 0.585. The number of carbonyl (C=O) groups excluding carboxylic acids is 1. The third kappa shape index (κ3) is 7.61. The van der Waals surface area contributed by atoms with Crippen LogP contribution in [0, 0.1) is 0 Å². The Balaban J connectivity index is 1.85. The standard InChI is InChI=1S/C26H27NO3S/c1-26(2,3)30-25(28)19-29-27-23(18-20-12-6-4-7-13-20)22-16-10-11-17-24(22)31-21-14-8-5-9-15-21/h4-17H,18-19H2,1-3H3/b27-23+. The average Bonchev–Trinajstić information content (AvgIpc) is 2.74. The van der Waals surface area contributed by atoms with E-state index in [0.717, 1.165) is 26.6 Å². The monoisotopic (exact) mass is 433 g/mol. The van der Waals surface area contributed by atoms with Crippen LogP contribution in [-0.4, -0.2) is 23.9 Å². The second kappa shape index (κ2) is 10.8. The molecule has 0 fully saturated rings. The Labute approximate surface area is 188 Å². The molecule has 0 aliphatic rings. The lowest BCUT2D eigenvalue weighted by atomic mass is 10.0. The largest absolute Gasteiger partial charge is 0.457 e. The Morgan fingerprint density at radius 2 is 1.48 bits per heavy atom. The fraction of sp³-hybridized carbons (Fsp3) is 0.231. The zero-order valence-electron chi connectivity index (χ0n) is 18.1. The lowest BCUT2D eigenvalue weighted by Gasteiger charge is -2.19. The zero-order chi connectivity index (χ0) is 22.1. The van der Waals surface area contributed by atoms with E-state index < -0.39 is 11.6 Å². The van der Waals surface area contributed by atoms with Crippen LogP contribution in [0.15, 0.2) is 99.9 Å². The molecule has 0 aromatic heterocycles. The molecule has 0 saturated carbocycles. The van der Waals surface area contributed by atoms with Crippen LogP contribution in [0.4, 0.5) is 0 Å². The number of ether oxygens (including phenoxy) is 1. The van der Waals surface area contributed by atoms with Crippen molar-refractivity contribution >= 4 is 23.4 Å². The molecule has 3 rings (SSSR count). The third-order valence-corrected chi connectivity index (χ3v) is 5.24. The number of oxime groups is 1. The van der Waals surface area contributed by atoms with Crippen molar-refractivity contribution in [1.82, 2.24) is 0 Å². The van der Waals surface area contributed by atoms with Crippen LogP contribution in [-0.2, 0) is 20.8 Å². The van der Waals surface area contributed by atoms with E-state index in [1.807, 2.05) is 75.4 Å². The minimum Gasteiger partial charge on any atom is -0.457 e. The van der Waals surface area contributed by atoms with Gasteiger partial charge in [0.15, 0.2) is 0 Å². The number of hydrogen-bond donors (Lipinski definition) is 0. The highest BCUT2D eigenvalue weighted by Crippen LogP contribution is 2.31. The molecule has 0 atom stereocenters. The summed E-state index contributed by atoms with van der Waals surface area (Å²) in [5.74, 6) is -0.442. The van der Waals surface area contributed by atoms with Gasteiger partial charge in [-0.25, -0.2) is 4.79 Å². The Morgan fingerprint density at radius 1 is 0.871 bits per heavy atom. The summed E-state index contributed by atoms with van der Waals surface area (Å²) < 4.78 is 5.31. The van der Waals surface area contributed by atoms with E-state index in [-0.39, 0.29) is 6.61 Å². The molecule has 0 saturated heterocycles. The van der Waals surface area contributed by atoms with Crippen molar-refractivity contribution < 1.29 is 14.4 Å². The van der Waals surface area contributed by atoms with Gasteiger partial charge in [-0.05, 0) is 44.5 Å². The summed E-state index contributed by atoms with van der Waals surface area (Å²) in [6.45, 7) is 5.24. The number of benzene rings is 3. The molecule has 3 aromatic carbocycles. The lowest BCUT2D eigenvalue weighted by Crippen LogP contribution is -2.26. The quantitative estimate of drug-likeness (QED) is 0.243. The Hall–Kier alpha value is -3.05. The molecule has 160 valence electrons. The van der Waals surface area contributed by atoms with Gasteiger partial charge in [0.1, 0.15) is 5.60 Å². The number of hydrogen-bond acceptors (Lipinski definition) is 5. The molecule has 3 aromatic rings. The first-order chi connectivity index (χ1) is 14.9. The molecule has 0 aliphatic heterocycles. The van der Waals surface area contributed by atoms with Crippen LogP contribution in [0.3, 0.4) is 0 Å². The minimum absolute atomic E-state index is 0.233. The summed E-state index contributed by atoms with van der Waals surface area (Å²) in [4.78, 5) is 19.7. The fourth-order valence-electron chi connectivity index (χ4n) is 2.91. The van der Waals surface area contributed by atoms with Gasteiger partial charge in [-0.1, -0.05) is 83.6 Å². The van der Waals surface area contributed by atoms with Gasteiger partial charge in [0.05, 0.1) is 5.71 Å². The summed E-state index contributed by atoms with van der Waals surface area (Å²) in [5, 5.41) is 4.36. The molecule has 31 heavy (non-hydrogen) atoms. The average molecular weight is 434 g/mol. The highest BCUT2D eigenvalue weighted by molar-refractivity contribution is 7.99. The molecule has 0 heterocycles. The van der Waals surface area contributed by atoms with Crippen molar-refractivity contribution in [3.63, 3.8) is 0 Å². The maximum atomic E-state index is 12.0. The van der Waals surface area contributed by atoms with Gasteiger partial charge in [0.2, 0.25) is 6.61 Å². The first kappa shape index (κ1) is 22.6. The molecule has 0 amide bonds. The molecule has 0 unspecified atom stereocenters. The predicted molar refractivity (Wildman–Crippen MR) is 125 cm³/mol. The van der Waals surface area contributed by atoms with Crippen LogP contribution in [0.5, 0.6) is 0 Å². The Bertz CT molecular complexity index is 1010. The van der Waals surface area contributed by atoms with Gasteiger partial charge in [-0.2, -0.15) is 0 Å². The normalized spacial score (nSPS) is 11.8. The summed E-state index contributed by atoms with van der Waals surface area (Å²) in [6, 6.07) is 28.4.